The highest BCUT2D eigenvalue weighted by atomic mass is 16.6. The molecule has 262 valence electrons. The number of rotatable bonds is 11. The smallest absolute Gasteiger partial charge is 0.307 e. The first kappa shape index (κ1) is 35.9. The minimum absolute atomic E-state index is 0.0451. The summed E-state index contributed by atoms with van der Waals surface area (Å²) >= 11 is 0. The van der Waals surface area contributed by atoms with Gasteiger partial charge in [0.2, 0.25) is 0 Å². The third kappa shape index (κ3) is 5.41. The number of carboxylic acids is 1. The highest BCUT2D eigenvalue weighted by Gasteiger charge is 2.72. The summed E-state index contributed by atoms with van der Waals surface area (Å²) in [5.41, 5.74) is 6.61. The van der Waals surface area contributed by atoms with E-state index in [1.165, 1.54) is 18.9 Å². The minimum atomic E-state index is -0.638. The van der Waals surface area contributed by atoms with Crippen molar-refractivity contribution >= 4 is 11.9 Å². The molecule has 5 rings (SSSR count). The number of fused-ring (bicyclic) bond motifs is 3. The lowest BCUT2D eigenvalue weighted by molar-refractivity contribution is -0.267. The molecular formula is C39H65NO6. The Hall–Kier alpha value is -1.44. The van der Waals surface area contributed by atoms with E-state index in [4.69, 9.17) is 19.9 Å². The van der Waals surface area contributed by atoms with E-state index in [9.17, 15) is 14.7 Å². The molecule has 4 aliphatic carbocycles. The van der Waals surface area contributed by atoms with E-state index in [0.717, 1.165) is 51.4 Å². The van der Waals surface area contributed by atoms with E-state index in [1.54, 1.807) is 0 Å². The normalized spacial score (nSPS) is 44.7. The number of unbranched alkanes of at least 4 members (excludes halogenated alkanes) is 2. The molecule has 5 aliphatic rings. The zero-order valence-corrected chi connectivity index (χ0v) is 30.5. The Labute approximate surface area is 279 Å². The third-order valence-corrected chi connectivity index (χ3v) is 15.1. The SMILES string of the molecule is CCCCCC(N)CO[C@H]1[C@H](OC(C)=O)C[C@@]23COC[C@]1(C)[C@@H]2CC[C@H]1C3=CC[C@@]2(C)[C@H](C(=O)O)[C@@](C)([C@H](C)C(C)C)CC[C@]12C. The number of nitrogens with two attached hydrogens (primary N) is 1. The van der Waals surface area contributed by atoms with Crippen LogP contribution in [0.25, 0.3) is 0 Å². The molecule has 4 fully saturated rings. The van der Waals surface area contributed by atoms with Gasteiger partial charge >= 0.3 is 11.9 Å². The van der Waals surface area contributed by atoms with E-state index < -0.39 is 11.9 Å². The number of hydrogen-bond donors (Lipinski definition) is 2. The fraction of sp³-hybridized carbons (Fsp3) is 0.897. The van der Waals surface area contributed by atoms with Gasteiger partial charge in [-0.25, -0.2) is 0 Å². The Balaban J connectivity index is 1.52. The van der Waals surface area contributed by atoms with Crippen LogP contribution >= 0.6 is 0 Å². The lowest BCUT2D eigenvalue weighted by atomic mass is 9.34. The Morgan fingerprint density at radius 2 is 1.78 bits per heavy atom. The standard InChI is InChI=1S/C39H65NO6/c1-10-11-12-13-27(40)21-45-33-30(46-26(5)41)20-39-23-44-22-36(33,7)31(39)15-14-28-29(39)16-17-38(9)32(34(42)43)35(6,25(4)24(2)3)18-19-37(28,38)8/h16,24-25,27-28,30-33H,10-15,17-23,40H2,1-9H3,(H,42,43)/t25-,27?,28+,30-,31+,32-,33+,35-,36-,37-,38+,39+/m1/s1. The number of allylic oxidation sites excluding steroid dienone is 1. The van der Waals surface area contributed by atoms with Crippen LogP contribution in [0.5, 0.6) is 0 Å². The van der Waals surface area contributed by atoms with Crippen molar-refractivity contribution in [3.63, 3.8) is 0 Å². The molecule has 0 aromatic rings. The molecule has 0 aromatic carbocycles. The maximum Gasteiger partial charge on any atom is 0.307 e. The maximum absolute atomic E-state index is 13.4. The fourth-order valence-electron chi connectivity index (χ4n) is 12.2. The number of carbonyl (C=O) groups excluding carboxylic acids is 1. The van der Waals surface area contributed by atoms with E-state index in [2.05, 4.69) is 61.5 Å². The van der Waals surface area contributed by atoms with Gasteiger partial charge in [0.25, 0.3) is 0 Å². The average molecular weight is 644 g/mol. The van der Waals surface area contributed by atoms with E-state index in [-0.39, 0.29) is 57.2 Å². The van der Waals surface area contributed by atoms with Crippen LogP contribution in [0, 0.1) is 56.7 Å². The summed E-state index contributed by atoms with van der Waals surface area (Å²) in [5.74, 6) is 0.00348. The summed E-state index contributed by atoms with van der Waals surface area (Å²) in [5, 5.41) is 11.0. The topological polar surface area (TPSA) is 108 Å². The molecule has 0 radical (unpaired) electrons. The van der Waals surface area contributed by atoms with Crippen molar-refractivity contribution in [3.8, 4) is 0 Å². The first-order valence-electron chi connectivity index (χ1n) is 18.6. The molecule has 1 heterocycles. The molecule has 1 aliphatic heterocycles. The van der Waals surface area contributed by atoms with Crippen LogP contribution in [-0.2, 0) is 23.8 Å². The highest BCUT2D eigenvalue weighted by molar-refractivity contribution is 5.73. The summed E-state index contributed by atoms with van der Waals surface area (Å²) in [6.07, 6.45) is 11.6. The predicted octanol–water partition coefficient (Wildman–Crippen LogP) is 7.80. The Kier molecular flexibility index (Phi) is 9.97. The number of ether oxygens (including phenoxy) is 3. The van der Waals surface area contributed by atoms with Crippen molar-refractivity contribution < 1.29 is 28.9 Å². The summed E-state index contributed by atoms with van der Waals surface area (Å²) in [4.78, 5) is 25.9. The van der Waals surface area contributed by atoms with Crippen LogP contribution in [-0.4, -0.2) is 55.1 Å². The van der Waals surface area contributed by atoms with Crippen molar-refractivity contribution in [3.05, 3.63) is 11.6 Å². The van der Waals surface area contributed by atoms with Crippen LogP contribution < -0.4 is 5.73 Å². The molecule has 7 nitrogen and oxygen atoms in total. The summed E-state index contributed by atoms with van der Waals surface area (Å²) in [6, 6.07) is -0.0451. The van der Waals surface area contributed by atoms with Gasteiger partial charge in [0.15, 0.2) is 0 Å². The summed E-state index contributed by atoms with van der Waals surface area (Å²) in [6.45, 7) is 21.4. The second kappa shape index (κ2) is 12.8. The Bertz CT molecular complexity index is 1180. The Morgan fingerprint density at radius 1 is 1.07 bits per heavy atom. The van der Waals surface area contributed by atoms with Crippen LogP contribution in [0.4, 0.5) is 0 Å². The van der Waals surface area contributed by atoms with Crippen LogP contribution in [0.2, 0.25) is 0 Å². The Morgan fingerprint density at radius 3 is 2.41 bits per heavy atom. The molecule has 0 spiro atoms. The van der Waals surface area contributed by atoms with Crippen LogP contribution in [0.3, 0.4) is 0 Å². The van der Waals surface area contributed by atoms with Crippen molar-refractivity contribution in [2.75, 3.05) is 19.8 Å². The lowest BCUT2D eigenvalue weighted by Crippen LogP contribution is -2.70. The largest absolute Gasteiger partial charge is 0.481 e. The molecular weight excluding hydrogens is 578 g/mol. The third-order valence-electron chi connectivity index (χ3n) is 15.1. The van der Waals surface area contributed by atoms with Gasteiger partial charge in [-0.2, -0.15) is 0 Å². The van der Waals surface area contributed by atoms with E-state index >= 15 is 0 Å². The molecule has 3 N–H and O–H groups in total. The molecule has 12 atom stereocenters. The number of esters is 1. The van der Waals surface area contributed by atoms with Gasteiger partial charge in [-0.3, -0.25) is 9.59 Å². The van der Waals surface area contributed by atoms with Gasteiger partial charge in [-0.1, -0.05) is 86.3 Å². The minimum Gasteiger partial charge on any atom is -0.481 e. The molecule has 1 saturated heterocycles. The first-order chi connectivity index (χ1) is 21.5. The second-order valence-corrected chi connectivity index (χ2v) is 17.7. The molecule has 7 heteroatoms. The van der Waals surface area contributed by atoms with Crippen molar-refractivity contribution in [1.29, 1.82) is 0 Å². The van der Waals surface area contributed by atoms with Crippen LogP contribution in [0.15, 0.2) is 11.6 Å². The van der Waals surface area contributed by atoms with Crippen molar-refractivity contribution in [2.45, 2.75) is 145 Å². The predicted molar refractivity (Wildman–Crippen MR) is 181 cm³/mol. The molecule has 46 heavy (non-hydrogen) atoms. The molecule has 3 saturated carbocycles. The first-order valence-corrected chi connectivity index (χ1v) is 18.6. The molecule has 2 bridgehead atoms. The number of hydrogen-bond acceptors (Lipinski definition) is 6. The average Bonchev–Trinajstić information content (AvgIpc) is 2.96. The fourth-order valence-corrected chi connectivity index (χ4v) is 12.2. The monoisotopic (exact) mass is 643 g/mol. The summed E-state index contributed by atoms with van der Waals surface area (Å²) < 4.78 is 19.5. The maximum atomic E-state index is 13.4. The summed E-state index contributed by atoms with van der Waals surface area (Å²) in [7, 11) is 0. The lowest BCUT2D eigenvalue weighted by Gasteiger charge is -2.71. The van der Waals surface area contributed by atoms with E-state index in [1.807, 2.05) is 0 Å². The van der Waals surface area contributed by atoms with Gasteiger partial charge in [0, 0.05) is 23.8 Å². The van der Waals surface area contributed by atoms with Gasteiger partial charge in [0.05, 0.1) is 25.7 Å². The second-order valence-electron chi connectivity index (χ2n) is 17.7. The molecule has 1 unspecified atom stereocenters. The van der Waals surface area contributed by atoms with Crippen LogP contribution in [0.1, 0.15) is 127 Å². The molecule has 0 aromatic heterocycles. The number of carboxylic acid groups (broad SMARTS) is 1. The number of carbonyl (C=O) groups is 2. The van der Waals surface area contributed by atoms with Gasteiger partial charge in [-0.05, 0) is 84.9 Å². The van der Waals surface area contributed by atoms with Crippen molar-refractivity contribution in [1.82, 2.24) is 0 Å². The van der Waals surface area contributed by atoms with Gasteiger partial charge < -0.3 is 25.1 Å². The van der Waals surface area contributed by atoms with Crippen molar-refractivity contribution in [2.24, 2.45) is 62.4 Å². The quantitative estimate of drug-likeness (QED) is 0.134. The van der Waals surface area contributed by atoms with Gasteiger partial charge in [0.1, 0.15) is 12.2 Å². The zero-order valence-electron chi connectivity index (χ0n) is 30.5. The van der Waals surface area contributed by atoms with E-state index in [0.29, 0.717) is 44.0 Å². The number of aliphatic carboxylic acids is 1. The molecule has 0 amide bonds. The highest BCUT2D eigenvalue weighted by Crippen LogP contribution is 2.75. The van der Waals surface area contributed by atoms with Gasteiger partial charge in [-0.15, -0.1) is 0 Å². The zero-order chi connectivity index (χ0) is 33.9.